The van der Waals surface area contributed by atoms with Gasteiger partial charge in [0.05, 0.1) is 17.6 Å². The summed E-state index contributed by atoms with van der Waals surface area (Å²) in [7, 11) is 0. The lowest BCUT2D eigenvalue weighted by Gasteiger charge is -2.13. The number of aliphatic hydroxyl groups is 1. The number of benzene rings is 1. The van der Waals surface area contributed by atoms with Gasteiger partial charge in [0.2, 0.25) is 0 Å². The van der Waals surface area contributed by atoms with E-state index in [1.807, 2.05) is 6.07 Å². The van der Waals surface area contributed by atoms with E-state index < -0.39 is 0 Å². The fourth-order valence-electron chi connectivity index (χ4n) is 2.38. The molecule has 104 valence electrons. The Morgan fingerprint density at radius 3 is 2.89 bits per heavy atom. The number of rotatable bonds is 7. The van der Waals surface area contributed by atoms with Crippen LogP contribution in [0.1, 0.15) is 32.5 Å². The van der Waals surface area contributed by atoms with Gasteiger partial charge in [0, 0.05) is 19.2 Å². The van der Waals surface area contributed by atoms with Crippen LogP contribution in [0.25, 0.3) is 11.0 Å². The number of aryl methyl sites for hydroxylation is 1. The lowest BCUT2D eigenvalue weighted by molar-refractivity contribution is 0.276. The zero-order valence-electron chi connectivity index (χ0n) is 11.8. The third kappa shape index (κ3) is 3.33. The molecule has 2 N–H and O–H groups in total. The number of hydrogen-bond donors (Lipinski definition) is 2. The molecule has 0 amide bonds. The first-order valence-electron chi connectivity index (χ1n) is 7.04. The minimum Gasteiger partial charge on any atom is -0.396 e. The lowest BCUT2D eigenvalue weighted by Crippen LogP contribution is -2.27. The van der Waals surface area contributed by atoms with Crippen LogP contribution in [-0.2, 0) is 13.1 Å². The summed E-state index contributed by atoms with van der Waals surface area (Å²) < 4.78 is 2.25. The fourth-order valence-corrected chi connectivity index (χ4v) is 2.38. The third-order valence-corrected chi connectivity index (χ3v) is 3.45. The van der Waals surface area contributed by atoms with E-state index >= 15 is 0 Å². The van der Waals surface area contributed by atoms with E-state index in [4.69, 9.17) is 5.11 Å². The molecule has 0 spiro atoms. The van der Waals surface area contributed by atoms with Crippen LogP contribution in [0.15, 0.2) is 24.3 Å². The van der Waals surface area contributed by atoms with Crippen LogP contribution in [0.3, 0.4) is 0 Å². The Bertz CT molecular complexity index is 521. The normalized spacial score (nSPS) is 13.0. The summed E-state index contributed by atoms with van der Waals surface area (Å²) in [5, 5.41) is 12.3. The van der Waals surface area contributed by atoms with Gasteiger partial charge in [0.1, 0.15) is 5.82 Å². The molecule has 0 saturated heterocycles. The van der Waals surface area contributed by atoms with Gasteiger partial charge in [-0.2, -0.15) is 0 Å². The average molecular weight is 261 g/mol. The van der Waals surface area contributed by atoms with E-state index in [1.54, 1.807) is 0 Å². The van der Waals surface area contributed by atoms with Gasteiger partial charge in [0.15, 0.2) is 0 Å². The number of imidazole rings is 1. The van der Waals surface area contributed by atoms with Crippen LogP contribution in [0.2, 0.25) is 0 Å². The number of aliphatic hydroxyl groups excluding tert-OH is 1. The van der Waals surface area contributed by atoms with Crippen LogP contribution in [0, 0.1) is 0 Å². The number of nitrogens with zero attached hydrogens (tertiary/aromatic N) is 2. The first kappa shape index (κ1) is 14.0. The molecule has 0 aliphatic heterocycles. The summed E-state index contributed by atoms with van der Waals surface area (Å²) in [6, 6.07) is 8.65. The van der Waals surface area contributed by atoms with Gasteiger partial charge in [-0.25, -0.2) is 4.98 Å². The van der Waals surface area contributed by atoms with Crippen LogP contribution in [0.5, 0.6) is 0 Å². The van der Waals surface area contributed by atoms with Crippen molar-refractivity contribution in [2.24, 2.45) is 0 Å². The summed E-state index contributed by atoms with van der Waals surface area (Å²) in [5.41, 5.74) is 2.26. The second-order valence-corrected chi connectivity index (χ2v) is 4.91. The maximum Gasteiger partial charge on any atom is 0.123 e. The van der Waals surface area contributed by atoms with Gasteiger partial charge < -0.3 is 15.0 Å². The number of aromatic nitrogens is 2. The van der Waals surface area contributed by atoms with Crippen LogP contribution in [-0.4, -0.2) is 27.3 Å². The van der Waals surface area contributed by atoms with Crippen LogP contribution in [0.4, 0.5) is 0 Å². The predicted octanol–water partition coefficient (Wildman–Crippen LogP) is 2.31. The molecule has 0 fully saturated rings. The van der Waals surface area contributed by atoms with E-state index in [2.05, 4.69) is 46.9 Å². The Balaban J connectivity index is 2.07. The number of nitrogens with one attached hydrogen (secondary N) is 1. The molecule has 4 heteroatoms. The monoisotopic (exact) mass is 261 g/mol. The minimum atomic E-state index is 0.263. The van der Waals surface area contributed by atoms with Gasteiger partial charge in [-0.1, -0.05) is 12.1 Å². The molecule has 4 nitrogen and oxygen atoms in total. The van der Waals surface area contributed by atoms with Gasteiger partial charge in [-0.15, -0.1) is 0 Å². The highest BCUT2D eigenvalue weighted by Crippen LogP contribution is 2.15. The Hall–Kier alpha value is -1.39. The highest BCUT2D eigenvalue weighted by molar-refractivity contribution is 5.75. The minimum absolute atomic E-state index is 0.263. The molecule has 0 saturated carbocycles. The Morgan fingerprint density at radius 1 is 1.37 bits per heavy atom. The summed E-state index contributed by atoms with van der Waals surface area (Å²) >= 11 is 0. The SMILES string of the molecule is CCn1c(CNC(C)CCCO)nc2ccccc21. The zero-order valence-corrected chi connectivity index (χ0v) is 11.8. The molecule has 2 rings (SSSR count). The maximum absolute atomic E-state index is 8.83. The molecule has 0 aliphatic rings. The van der Waals surface area contributed by atoms with Gasteiger partial charge in [0.25, 0.3) is 0 Å². The maximum atomic E-state index is 8.83. The zero-order chi connectivity index (χ0) is 13.7. The molecule has 0 bridgehead atoms. The van der Waals surface area contributed by atoms with Crippen molar-refractivity contribution in [3.63, 3.8) is 0 Å². The average Bonchev–Trinajstić information content (AvgIpc) is 2.80. The smallest absolute Gasteiger partial charge is 0.123 e. The number of hydrogen-bond acceptors (Lipinski definition) is 3. The van der Waals surface area contributed by atoms with Crippen molar-refractivity contribution in [1.29, 1.82) is 0 Å². The van der Waals surface area contributed by atoms with Crippen molar-refractivity contribution in [3.8, 4) is 0 Å². The molecule has 19 heavy (non-hydrogen) atoms. The van der Waals surface area contributed by atoms with Crippen molar-refractivity contribution >= 4 is 11.0 Å². The fraction of sp³-hybridized carbons (Fsp3) is 0.533. The van der Waals surface area contributed by atoms with Crippen molar-refractivity contribution in [2.45, 2.75) is 45.8 Å². The third-order valence-electron chi connectivity index (χ3n) is 3.45. The van der Waals surface area contributed by atoms with Gasteiger partial charge in [-0.05, 0) is 38.8 Å². The standard InChI is InChI=1S/C15H23N3O/c1-3-18-14-9-5-4-8-13(14)17-15(18)11-16-12(2)7-6-10-19/h4-5,8-9,12,16,19H,3,6-7,10-11H2,1-2H3. The van der Waals surface area contributed by atoms with E-state index in [1.165, 1.54) is 5.52 Å². The largest absolute Gasteiger partial charge is 0.396 e. The summed E-state index contributed by atoms with van der Waals surface area (Å²) in [5.74, 6) is 1.08. The summed E-state index contributed by atoms with van der Waals surface area (Å²) in [6.45, 7) is 6.26. The van der Waals surface area contributed by atoms with Gasteiger partial charge in [-0.3, -0.25) is 0 Å². The quantitative estimate of drug-likeness (QED) is 0.804. The van der Waals surface area contributed by atoms with Crippen molar-refractivity contribution in [1.82, 2.24) is 14.9 Å². The number of para-hydroxylation sites is 2. The van der Waals surface area contributed by atoms with Crippen LogP contribution >= 0.6 is 0 Å². The first-order chi connectivity index (χ1) is 9.26. The second-order valence-electron chi connectivity index (χ2n) is 4.91. The highest BCUT2D eigenvalue weighted by atomic mass is 16.2. The molecule has 1 aromatic heterocycles. The summed E-state index contributed by atoms with van der Waals surface area (Å²) in [4.78, 5) is 4.69. The highest BCUT2D eigenvalue weighted by Gasteiger charge is 2.09. The summed E-state index contributed by atoms with van der Waals surface area (Å²) in [6.07, 6.45) is 1.83. The molecule has 2 aromatic rings. The van der Waals surface area contributed by atoms with Crippen molar-refractivity contribution in [2.75, 3.05) is 6.61 Å². The Kier molecular flexibility index (Phi) is 4.93. The van der Waals surface area contributed by atoms with E-state index in [9.17, 15) is 0 Å². The predicted molar refractivity (Wildman–Crippen MR) is 78.0 cm³/mol. The van der Waals surface area contributed by atoms with Gasteiger partial charge >= 0.3 is 0 Å². The Morgan fingerprint density at radius 2 is 2.16 bits per heavy atom. The topological polar surface area (TPSA) is 50.1 Å². The van der Waals surface area contributed by atoms with Crippen LogP contribution < -0.4 is 5.32 Å². The first-order valence-corrected chi connectivity index (χ1v) is 7.04. The molecule has 0 radical (unpaired) electrons. The molecule has 1 aromatic carbocycles. The van der Waals surface area contributed by atoms with E-state index in [-0.39, 0.29) is 6.61 Å². The molecule has 1 unspecified atom stereocenters. The molecular weight excluding hydrogens is 238 g/mol. The number of fused-ring (bicyclic) bond motifs is 1. The van der Waals surface area contributed by atoms with Crippen molar-refractivity contribution < 1.29 is 5.11 Å². The van der Waals surface area contributed by atoms with Crippen molar-refractivity contribution in [3.05, 3.63) is 30.1 Å². The molecule has 0 aliphatic carbocycles. The Labute approximate surface area is 114 Å². The molecular formula is C15H23N3O. The lowest BCUT2D eigenvalue weighted by atomic mass is 10.2. The van der Waals surface area contributed by atoms with E-state index in [0.717, 1.165) is 37.3 Å². The second kappa shape index (κ2) is 6.68. The molecule has 1 atom stereocenters. The molecule has 1 heterocycles. The van der Waals surface area contributed by atoms with E-state index in [0.29, 0.717) is 6.04 Å².